The second-order valence-electron chi connectivity index (χ2n) is 7.87. The van der Waals surface area contributed by atoms with Crippen LogP contribution in [0.25, 0.3) is 10.7 Å². The summed E-state index contributed by atoms with van der Waals surface area (Å²) in [6.45, 7) is 1.66. The van der Waals surface area contributed by atoms with Crippen LogP contribution in [0.4, 0.5) is 5.69 Å². The molecular weight excluding hydrogens is 460 g/mol. The van der Waals surface area contributed by atoms with Crippen molar-refractivity contribution in [3.8, 4) is 22.2 Å². The molecule has 2 aromatic heterocycles. The molecule has 0 spiro atoms. The van der Waals surface area contributed by atoms with Gasteiger partial charge in [0.2, 0.25) is 11.7 Å². The van der Waals surface area contributed by atoms with Crippen LogP contribution in [-0.2, 0) is 20.9 Å². The predicted octanol–water partition coefficient (Wildman–Crippen LogP) is 1.50. The van der Waals surface area contributed by atoms with Crippen LogP contribution in [0.5, 0.6) is 11.5 Å². The minimum Gasteiger partial charge on any atom is -0.486 e. The van der Waals surface area contributed by atoms with Crippen LogP contribution in [0.2, 0.25) is 0 Å². The molecule has 1 atom stereocenters. The summed E-state index contributed by atoms with van der Waals surface area (Å²) in [5, 5.41) is 17.1. The van der Waals surface area contributed by atoms with Crippen molar-refractivity contribution in [2.24, 2.45) is 0 Å². The maximum Gasteiger partial charge on any atom is 0.251 e. The lowest BCUT2D eigenvalue weighted by Gasteiger charge is -2.25. The summed E-state index contributed by atoms with van der Waals surface area (Å²) in [4.78, 5) is 29.5. The van der Waals surface area contributed by atoms with E-state index < -0.39 is 0 Å². The van der Waals surface area contributed by atoms with E-state index in [-0.39, 0.29) is 31.0 Å². The second kappa shape index (κ2) is 10.2. The summed E-state index contributed by atoms with van der Waals surface area (Å²) in [5.74, 6) is 0.926. The van der Waals surface area contributed by atoms with E-state index in [1.54, 1.807) is 18.2 Å². The molecule has 0 radical (unpaired) electrons. The zero-order valence-corrected chi connectivity index (χ0v) is 19.2. The highest BCUT2D eigenvalue weighted by Gasteiger charge is 2.24. The minimum absolute atomic E-state index is 0.0115. The molecule has 12 heteroatoms. The molecule has 2 amide bonds. The van der Waals surface area contributed by atoms with Crippen LogP contribution in [0.15, 0.2) is 35.7 Å². The number of amides is 2. The van der Waals surface area contributed by atoms with Gasteiger partial charge in [-0.05, 0) is 41.6 Å². The molecule has 1 fully saturated rings. The molecule has 3 aromatic rings. The molecule has 2 aliphatic heterocycles. The number of thiophene rings is 1. The topological polar surface area (TPSA) is 121 Å². The molecule has 1 saturated heterocycles. The van der Waals surface area contributed by atoms with Crippen molar-refractivity contribution in [1.82, 2.24) is 25.5 Å². The van der Waals surface area contributed by atoms with Gasteiger partial charge >= 0.3 is 0 Å². The monoisotopic (exact) mass is 484 g/mol. The van der Waals surface area contributed by atoms with Crippen molar-refractivity contribution in [1.29, 1.82) is 0 Å². The molecule has 2 aliphatic rings. The van der Waals surface area contributed by atoms with Crippen LogP contribution in [0.1, 0.15) is 12.8 Å². The highest BCUT2D eigenvalue weighted by Crippen LogP contribution is 2.34. The fourth-order valence-corrected chi connectivity index (χ4v) is 4.42. The first-order valence-electron chi connectivity index (χ1n) is 11.1. The Kier molecular flexibility index (Phi) is 6.67. The second-order valence-corrected chi connectivity index (χ2v) is 8.82. The first-order valence-corrected chi connectivity index (χ1v) is 11.9. The van der Waals surface area contributed by atoms with Gasteiger partial charge in [0.25, 0.3) is 5.91 Å². The van der Waals surface area contributed by atoms with E-state index in [0.717, 1.165) is 17.7 Å². The van der Waals surface area contributed by atoms with Crippen molar-refractivity contribution in [3.63, 3.8) is 0 Å². The van der Waals surface area contributed by atoms with Crippen LogP contribution >= 0.6 is 11.3 Å². The molecule has 5 rings (SSSR count). The van der Waals surface area contributed by atoms with E-state index in [1.165, 1.54) is 21.0 Å². The van der Waals surface area contributed by atoms with Crippen molar-refractivity contribution in [2.45, 2.75) is 25.5 Å². The third kappa shape index (κ3) is 5.18. The molecule has 0 unspecified atom stereocenters. The predicted molar refractivity (Wildman–Crippen MR) is 123 cm³/mol. The fourth-order valence-electron chi connectivity index (χ4n) is 3.78. The van der Waals surface area contributed by atoms with E-state index in [4.69, 9.17) is 14.2 Å². The smallest absolute Gasteiger partial charge is 0.251 e. The summed E-state index contributed by atoms with van der Waals surface area (Å²) in [6, 6.07) is 8.94. The number of anilines is 1. The Morgan fingerprint density at radius 3 is 2.85 bits per heavy atom. The number of carbonyl (C=O) groups is 2. The van der Waals surface area contributed by atoms with Gasteiger partial charge in [0.05, 0.1) is 11.0 Å². The van der Waals surface area contributed by atoms with E-state index in [2.05, 4.69) is 20.7 Å². The van der Waals surface area contributed by atoms with E-state index >= 15 is 0 Å². The maximum atomic E-state index is 13.3. The summed E-state index contributed by atoms with van der Waals surface area (Å²) in [5.41, 5.74) is 0.514. The van der Waals surface area contributed by atoms with Gasteiger partial charge < -0.3 is 24.4 Å². The third-order valence-corrected chi connectivity index (χ3v) is 6.33. The van der Waals surface area contributed by atoms with Gasteiger partial charge in [-0.2, -0.15) is 4.80 Å². The summed E-state index contributed by atoms with van der Waals surface area (Å²) in [7, 11) is 0. The SMILES string of the molecule is O=C(CN(C(=O)Cn1nnc(-c2cccs2)n1)c1ccc2c(c1)OCCO2)NC[C@H]1CCCO1. The van der Waals surface area contributed by atoms with Gasteiger partial charge in [-0.3, -0.25) is 9.59 Å². The van der Waals surface area contributed by atoms with Crippen molar-refractivity contribution < 1.29 is 23.8 Å². The molecule has 0 aliphatic carbocycles. The molecular formula is C22H24N6O5S. The molecule has 1 aromatic carbocycles. The van der Waals surface area contributed by atoms with Crippen molar-refractivity contribution in [2.75, 3.05) is 37.8 Å². The first kappa shape index (κ1) is 22.3. The zero-order chi connectivity index (χ0) is 23.3. The molecule has 1 N–H and O–H groups in total. The number of fused-ring (bicyclic) bond motifs is 1. The molecule has 34 heavy (non-hydrogen) atoms. The number of ether oxygens (including phenoxy) is 3. The lowest BCUT2D eigenvalue weighted by molar-refractivity contribution is -0.124. The Hall–Kier alpha value is -3.51. The Bertz CT molecular complexity index is 1140. The number of hydrogen-bond donors (Lipinski definition) is 1. The largest absolute Gasteiger partial charge is 0.486 e. The molecule has 0 saturated carbocycles. The molecule has 11 nitrogen and oxygen atoms in total. The highest BCUT2D eigenvalue weighted by atomic mass is 32.1. The summed E-state index contributed by atoms with van der Waals surface area (Å²) < 4.78 is 16.8. The number of nitrogens with zero attached hydrogens (tertiary/aromatic N) is 5. The Balaban J connectivity index is 1.32. The standard InChI is InChI=1S/C22H24N6O5S/c29-20(23-12-16-3-1-7-31-16)13-27(15-5-6-17-18(11-15)33-9-8-32-17)21(30)14-28-25-22(24-26-28)19-4-2-10-34-19/h2,4-6,10-11,16H,1,3,7-9,12-14H2,(H,23,29)/t16-/m1/s1. The number of carbonyl (C=O) groups excluding carboxylic acids is 2. The highest BCUT2D eigenvalue weighted by molar-refractivity contribution is 7.13. The van der Waals surface area contributed by atoms with Gasteiger partial charge in [-0.15, -0.1) is 21.5 Å². The van der Waals surface area contributed by atoms with Gasteiger partial charge in [0, 0.05) is 24.9 Å². The first-order chi connectivity index (χ1) is 16.7. The number of tetrazole rings is 1. The van der Waals surface area contributed by atoms with Crippen LogP contribution in [0.3, 0.4) is 0 Å². The zero-order valence-electron chi connectivity index (χ0n) is 18.4. The van der Waals surface area contributed by atoms with Gasteiger partial charge in [0.15, 0.2) is 11.5 Å². The Morgan fingerprint density at radius 2 is 2.06 bits per heavy atom. The average molecular weight is 485 g/mol. The van der Waals surface area contributed by atoms with Crippen molar-refractivity contribution >= 4 is 28.8 Å². The maximum absolute atomic E-state index is 13.3. The Morgan fingerprint density at radius 1 is 1.18 bits per heavy atom. The number of hydrogen-bond acceptors (Lipinski definition) is 9. The summed E-state index contributed by atoms with van der Waals surface area (Å²) >= 11 is 1.49. The lowest BCUT2D eigenvalue weighted by Crippen LogP contribution is -2.44. The van der Waals surface area contributed by atoms with Crippen molar-refractivity contribution in [3.05, 3.63) is 35.7 Å². The number of rotatable bonds is 8. The quantitative estimate of drug-likeness (QED) is 0.511. The minimum atomic E-state index is -0.362. The number of nitrogens with one attached hydrogen (secondary N) is 1. The molecule has 0 bridgehead atoms. The van der Waals surface area contributed by atoms with Crippen LogP contribution in [-0.4, -0.2) is 71.0 Å². The average Bonchev–Trinajstić information content (AvgIpc) is 3.63. The lowest BCUT2D eigenvalue weighted by atomic mass is 10.2. The fraction of sp³-hybridized carbons (Fsp3) is 0.409. The van der Waals surface area contributed by atoms with Crippen LogP contribution < -0.4 is 19.7 Å². The molecule has 178 valence electrons. The Labute approximate surface area is 199 Å². The number of benzene rings is 1. The third-order valence-electron chi connectivity index (χ3n) is 5.46. The van der Waals surface area contributed by atoms with Gasteiger partial charge in [-0.25, -0.2) is 0 Å². The van der Waals surface area contributed by atoms with Gasteiger partial charge in [0.1, 0.15) is 26.3 Å². The van der Waals surface area contributed by atoms with Crippen LogP contribution in [0, 0.1) is 0 Å². The van der Waals surface area contributed by atoms with E-state index in [1.807, 2.05) is 17.5 Å². The number of aromatic nitrogens is 4. The van der Waals surface area contributed by atoms with E-state index in [0.29, 0.717) is 49.4 Å². The molecule has 4 heterocycles. The summed E-state index contributed by atoms with van der Waals surface area (Å²) in [6.07, 6.45) is 1.91. The van der Waals surface area contributed by atoms with Gasteiger partial charge in [-0.1, -0.05) is 6.07 Å². The van der Waals surface area contributed by atoms with E-state index in [9.17, 15) is 9.59 Å². The normalized spacial score (nSPS) is 16.9.